The number of rotatable bonds is 8. The normalized spacial score (nSPS) is 19.1. The Labute approximate surface area is 245 Å². The molecule has 1 aliphatic carbocycles. The molecule has 0 aromatic heterocycles. The van der Waals surface area contributed by atoms with E-state index >= 15 is 0 Å². The third-order valence-electron chi connectivity index (χ3n) is 7.74. The van der Waals surface area contributed by atoms with Gasteiger partial charge in [0.25, 0.3) is 0 Å². The zero-order valence-corrected chi connectivity index (χ0v) is 23.9. The van der Waals surface area contributed by atoms with Gasteiger partial charge in [-0.3, -0.25) is 4.99 Å². The summed E-state index contributed by atoms with van der Waals surface area (Å²) in [5, 5.41) is 4.21. The average molecular weight is 567 g/mol. The predicted octanol–water partition coefficient (Wildman–Crippen LogP) is 9.34. The fraction of sp³-hybridized carbons (Fsp3) is 0.229. The minimum absolute atomic E-state index is 0.177. The molecule has 4 aromatic rings. The third-order valence-corrected chi connectivity index (χ3v) is 8.02. The molecule has 2 aliphatic rings. The maximum Gasteiger partial charge on any atom is 0.180 e. The fourth-order valence-corrected chi connectivity index (χ4v) is 6.08. The molecule has 3 atom stereocenters. The van der Waals surface area contributed by atoms with Crippen molar-refractivity contribution in [2.75, 3.05) is 11.9 Å². The standard InChI is InChI=1S/C35H32ClFN2O2/c1-3-40-33-19-24(18-31(36)35(33)41-21-23-6-4-7-26(37)17-23)20-38-27-13-11-25(12-14-27)34-29-9-5-8-28(29)30-16-22(2)10-15-32(30)39-34/h4-8,10-20,28-29,34,39H,3,9,21H2,1-2H3/t28-,29+,34-/m0/s1. The second-order valence-electron chi connectivity index (χ2n) is 10.6. The van der Waals surface area contributed by atoms with Crippen LogP contribution in [0.1, 0.15) is 53.1 Å². The van der Waals surface area contributed by atoms with Gasteiger partial charge in [-0.05, 0) is 90.9 Å². The van der Waals surface area contributed by atoms with Gasteiger partial charge in [0.1, 0.15) is 12.4 Å². The van der Waals surface area contributed by atoms with Crippen molar-refractivity contribution < 1.29 is 13.9 Å². The van der Waals surface area contributed by atoms with Crippen molar-refractivity contribution in [1.82, 2.24) is 0 Å². The highest BCUT2D eigenvalue weighted by Gasteiger charge is 2.37. The molecule has 6 rings (SSSR count). The Kier molecular flexibility index (Phi) is 7.80. The Bertz CT molecular complexity index is 1620. The molecular formula is C35H32ClFN2O2. The number of aliphatic imine (C=N–C) groups is 1. The Balaban J connectivity index is 1.18. The molecule has 0 saturated heterocycles. The van der Waals surface area contributed by atoms with E-state index < -0.39 is 0 Å². The van der Waals surface area contributed by atoms with E-state index in [1.807, 2.05) is 13.0 Å². The lowest BCUT2D eigenvalue weighted by Crippen LogP contribution is -2.29. The number of benzene rings is 4. The maximum atomic E-state index is 13.6. The molecule has 1 heterocycles. The SMILES string of the molecule is CCOc1cc(C=Nc2ccc([C@@H]3Nc4ccc(C)cc4[C@H]4C=CC[C@H]43)cc2)cc(Cl)c1OCc1cccc(F)c1. The predicted molar refractivity (Wildman–Crippen MR) is 165 cm³/mol. The Morgan fingerprint density at radius 3 is 2.68 bits per heavy atom. The molecule has 0 bridgehead atoms. The minimum Gasteiger partial charge on any atom is -0.490 e. The molecule has 1 N–H and O–H groups in total. The summed E-state index contributed by atoms with van der Waals surface area (Å²) in [6.07, 6.45) is 7.53. The van der Waals surface area contributed by atoms with Crippen LogP contribution >= 0.6 is 11.6 Å². The maximum absolute atomic E-state index is 13.6. The number of halogens is 2. The van der Waals surface area contributed by atoms with Gasteiger partial charge in [-0.1, -0.05) is 65.7 Å². The number of hydrogen-bond acceptors (Lipinski definition) is 4. The number of fused-ring (bicyclic) bond motifs is 3. The highest BCUT2D eigenvalue weighted by Crippen LogP contribution is 2.50. The third kappa shape index (κ3) is 5.86. The first-order chi connectivity index (χ1) is 20.0. The summed E-state index contributed by atoms with van der Waals surface area (Å²) < 4.78 is 25.3. The molecular weight excluding hydrogens is 535 g/mol. The topological polar surface area (TPSA) is 42.8 Å². The summed E-state index contributed by atoms with van der Waals surface area (Å²) in [5.41, 5.74) is 7.53. The first-order valence-electron chi connectivity index (χ1n) is 14.0. The van der Waals surface area contributed by atoms with Crippen molar-refractivity contribution in [3.05, 3.63) is 130 Å². The second-order valence-corrected chi connectivity index (χ2v) is 11.0. The van der Waals surface area contributed by atoms with Crippen molar-refractivity contribution in [3.63, 3.8) is 0 Å². The van der Waals surface area contributed by atoms with Crippen LogP contribution in [0.3, 0.4) is 0 Å². The molecule has 1 aliphatic heterocycles. The van der Waals surface area contributed by atoms with Crippen LogP contribution in [0.25, 0.3) is 0 Å². The van der Waals surface area contributed by atoms with E-state index in [0.29, 0.717) is 40.5 Å². The molecule has 0 radical (unpaired) electrons. The van der Waals surface area contributed by atoms with Crippen LogP contribution in [0, 0.1) is 18.7 Å². The van der Waals surface area contributed by atoms with E-state index in [9.17, 15) is 4.39 Å². The second kappa shape index (κ2) is 11.8. The van der Waals surface area contributed by atoms with Gasteiger partial charge < -0.3 is 14.8 Å². The molecule has 0 fully saturated rings. The highest BCUT2D eigenvalue weighted by atomic mass is 35.5. The van der Waals surface area contributed by atoms with Crippen molar-refractivity contribution >= 4 is 29.2 Å². The summed E-state index contributed by atoms with van der Waals surface area (Å²) in [4.78, 5) is 4.70. The van der Waals surface area contributed by atoms with E-state index in [1.54, 1.807) is 24.4 Å². The number of nitrogens with one attached hydrogen (secondary N) is 1. The Morgan fingerprint density at radius 1 is 1.02 bits per heavy atom. The van der Waals surface area contributed by atoms with Gasteiger partial charge in [0.15, 0.2) is 11.5 Å². The molecule has 4 nitrogen and oxygen atoms in total. The van der Waals surface area contributed by atoms with Gasteiger partial charge in [-0.25, -0.2) is 4.39 Å². The summed E-state index contributed by atoms with van der Waals surface area (Å²) in [7, 11) is 0. The summed E-state index contributed by atoms with van der Waals surface area (Å²) in [6, 6.07) is 25.3. The number of ether oxygens (including phenoxy) is 2. The van der Waals surface area contributed by atoms with Crippen LogP contribution in [0.5, 0.6) is 11.5 Å². The van der Waals surface area contributed by atoms with Gasteiger partial charge in [-0.15, -0.1) is 0 Å². The minimum atomic E-state index is -0.308. The lowest BCUT2D eigenvalue weighted by Gasteiger charge is -2.37. The van der Waals surface area contributed by atoms with E-state index in [2.05, 4.69) is 66.9 Å². The molecule has 0 spiro atoms. The largest absolute Gasteiger partial charge is 0.490 e. The lowest BCUT2D eigenvalue weighted by atomic mass is 9.76. The average Bonchev–Trinajstić information content (AvgIpc) is 3.46. The monoisotopic (exact) mass is 566 g/mol. The number of nitrogens with zero attached hydrogens (tertiary/aromatic N) is 1. The first-order valence-corrected chi connectivity index (χ1v) is 14.4. The molecule has 0 unspecified atom stereocenters. The number of allylic oxidation sites excluding steroid dienone is 2. The van der Waals surface area contributed by atoms with Crippen LogP contribution in [-0.2, 0) is 6.61 Å². The van der Waals surface area contributed by atoms with Gasteiger partial charge in [-0.2, -0.15) is 0 Å². The number of anilines is 1. The fourth-order valence-electron chi connectivity index (χ4n) is 5.81. The molecule has 4 aromatic carbocycles. The van der Waals surface area contributed by atoms with Crippen molar-refractivity contribution in [2.24, 2.45) is 10.9 Å². The van der Waals surface area contributed by atoms with Gasteiger partial charge >= 0.3 is 0 Å². The molecule has 0 amide bonds. The van der Waals surface area contributed by atoms with Crippen LogP contribution in [-0.4, -0.2) is 12.8 Å². The summed E-state index contributed by atoms with van der Waals surface area (Å²) >= 11 is 6.59. The first kappa shape index (κ1) is 27.1. The number of aryl methyl sites for hydroxylation is 1. The molecule has 41 heavy (non-hydrogen) atoms. The van der Waals surface area contributed by atoms with Crippen molar-refractivity contribution in [3.8, 4) is 11.5 Å². The van der Waals surface area contributed by atoms with E-state index in [0.717, 1.165) is 17.7 Å². The summed E-state index contributed by atoms with van der Waals surface area (Å²) in [6.45, 7) is 4.68. The molecule has 0 saturated carbocycles. The van der Waals surface area contributed by atoms with Crippen LogP contribution in [0.4, 0.5) is 15.8 Å². The Morgan fingerprint density at radius 2 is 1.88 bits per heavy atom. The molecule has 6 heteroatoms. The zero-order chi connectivity index (χ0) is 28.3. The van der Waals surface area contributed by atoms with Crippen LogP contribution < -0.4 is 14.8 Å². The lowest BCUT2D eigenvalue weighted by molar-refractivity contribution is 0.269. The van der Waals surface area contributed by atoms with Crippen molar-refractivity contribution in [1.29, 1.82) is 0 Å². The van der Waals surface area contributed by atoms with Crippen LogP contribution in [0.2, 0.25) is 5.02 Å². The van der Waals surface area contributed by atoms with Crippen molar-refractivity contribution in [2.45, 2.75) is 38.8 Å². The van der Waals surface area contributed by atoms with Crippen LogP contribution in [0.15, 0.2) is 96.0 Å². The quantitative estimate of drug-likeness (QED) is 0.171. The van der Waals surface area contributed by atoms with E-state index in [-0.39, 0.29) is 18.5 Å². The molecule has 208 valence electrons. The highest BCUT2D eigenvalue weighted by molar-refractivity contribution is 6.32. The van der Waals surface area contributed by atoms with E-state index in [4.69, 9.17) is 26.1 Å². The smallest absolute Gasteiger partial charge is 0.180 e. The zero-order valence-electron chi connectivity index (χ0n) is 23.1. The number of hydrogen-bond donors (Lipinski definition) is 1. The summed E-state index contributed by atoms with van der Waals surface area (Å²) in [5.74, 6) is 1.58. The Hall–Kier alpha value is -4.09. The van der Waals surface area contributed by atoms with Gasteiger partial charge in [0.2, 0.25) is 0 Å². The van der Waals surface area contributed by atoms with Gasteiger partial charge in [0, 0.05) is 17.8 Å². The van der Waals surface area contributed by atoms with Gasteiger partial charge in [0.05, 0.1) is 23.4 Å². The van der Waals surface area contributed by atoms with E-state index in [1.165, 1.54) is 34.5 Å².